The predicted octanol–water partition coefficient (Wildman–Crippen LogP) is 3.71. The molecule has 1 aromatic heterocycles. The van der Waals surface area contributed by atoms with E-state index in [1.54, 1.807) is 17.4 Å². The van der Waals surface area contributed by atoms with Crippen LogP contribution >= 0.6 is 11.3 Å². The van der Waals surface area contributed by atoms with Crippen LogP contribution < -0.4 is 0 Å². The number of methoxy groups -OCH3 is 1. The minimum atomic E-state index is -0.309. The second-order valence-electron chi connectivity index (χ2n) is 3.47. The van der Waals surface area contributed by atoms with Gasteiger partial charge in [-0.05, 0) is 35.2 Å². The molecule has 0 bridgehead atoms. The number of thiophene rings is 1. The molecule has 0 fully saturated rings. The van der Waals surface area contributed by atoms with Crippen molar-refractivity contribution in [3.8, 4) is 0 Å². The second-order valence-corrected chi connectivity index (χ2v) is 4.45. The number of benzene rings is 1. The van der Waals surface area contributed by atoms with Crippen LogP contribution in [0.2, 0.25) is 0 Å². The summed E-state index contributed by atoms with van der Waals surface area (Å²) >= 11 is 1.68. The standard InChI is InChI=1S/C14H12O2S/c1-16-14(15)12-5-2-4-11(10-12)7-8-13-6-3-9-17-13/h2-10H,1H3/b8-7+. The Labute approximate surface area is 104 Å². The molecule has 17 heavy (non-hydrogen) atoms. The Bertz CT molecular complexity index is 527. The van der Waals surface area contributed by atoms with Crippen molar-refractivity contribution in [3.05, 3.63) is 57.8 Å². The van der Waals surface area contributed by atoms with Crippen molar-refractivity contribution in [2.75, 3.05) is 7.11 Å². The molecule has 86 valence electrons. The Morgan fingerprint density at radius 2 is 2.12 bits per heavy atom. The van der Waals surface area contributed by atoms with Gasteiger partial charge in [-0.3, -0.25) is 0 Å². The highest BCUT2D eigenvalue weighted by Crippen LogP contribution is 2.14. The molecular weight excluding hydrogens is 232 g/mol. The van der Waals surface area contributed by atoms with E-state index in [0.717, 1.165) is 5.56 Å². The number of carbonyl (C=O) groups excluding carboxylic acids is 1. The smallest absolute Gasteiger partial charge is 0.337 e. The Balaban J connectivity index is 2.19. The van der Waals surface area contributed by atoms with Crippen molar-refractivity contribution in [2.24, 2.45) is 0 Å². The lowest BCUT2D eigenvalue weighted by molar-refractivity contribution is 0.0600. The van der Waals surface area contributed by atoms with E-state index in [0.29, 0.717) is 5.56 Å². The van der Waals surface area contributed by atoms with Gasteiger partial charge in [-0.2, -0.15) is 0 Å². The van der Waals surface area contributed by atoms with Crippen molar-refractivity contribution < 1.29 is 9.53 Å². The van der Waals surface area contributed by atoms with Crippen LogP contribution in [0.15, 0.2) is 41.8 Å². The summed E-state index contributed by atoms with van der Waals surface area (Å²) in [5.74, 6) is -0.309. The number of esters is 1. The molecule has 0 saturated carbocycles. The van der Waals surface area contributed by atoms with Gasteiger partial charge in [0.05, 0.1) is 12.7 Å². The van der Waals surface area contributed by atoms with Gasteiger partial charge in [0.1, 0.15) is 0 Å². The van der Waals surface area contributed by atoms with Crippen LogP contribution in [0, 0.1) is 0 Å². The second kappa shape index (κ2) is 5.46. The van der Waals surface area contributed by atoms with Gasteiger partial charge >= 0.3 is 5.97 Å². The summed E-state index contributed by atoms with van der Waals surface area (Å²) in [4.78, 5) is 12.5. The van der Waals surface area contributed by atoms with Crippen molar-refractivity contribution in [2.45, 2.75) is 0 Å². The third-order valence-electron chi connectivity index (χ3n) is 2.29. The van der Waals surface area contributed by atoms with Crippen molar-refractivity contribution >= 4 is 29.5 Å². The maximum absolute atomic E-state index is 11.4. The first-order valence-electron chi connectivity index (χ1n) is 5.19. The molecule has 0 spiro atoms. The van der Waals surface area contributed by atoms with Crippen LogP contribution in [0.25, 0.3) is 12.2 Å². The molecule has 0 atom stereocenters. The van der Waals surface area contributed by atoms with E-state index in [1.807, 2.05) is 47.9 Å². The lowest BCUT2D eigenvalue weighted by Crippen LogP contribution is -2.00. The molecule has 1 aromatic carbocycles. The molecule has 2 aromatic rings. The maximum atomic E-state index is 11.4. The van der Waals surface area contributed by atoms with Crippen LogP contribution in [0.5, 0.6) is 0 Å². The maximum Gasteiger partial charge on any atom is 0.337 e. The Hall–Kier alpha value is -1.87. The van der Waals surface area contributed by atoms with E-state index in [-0.39, 0.29) is 5.97 Å². The monoisotopic (exact) mass is 244 g/mol. The first-order valence-corrected chi connectivity index (χ1v) is 6.07. The molecule has 0 aliphatic heterocycles. The van der Waals surface area contributed by atoms with Gasteiger partial charge in [0.2, 0.25) is 0 Å². The summed E-state index contributed by atoms with van der Waals surface area (Å²) in [6, 6.07) is 11.4. The summed E-state index contributed by atoms with van der Waals surface area (Å²) in [7, 11) is 1.39. The molecule has 0 aliphatic carbocycles. The minimum absolute atomic E-state index is 0.309. The van der Waals surface area contributed by atoms with E-state index in [1.165, 1.54) is 12.0 Å². The van der Waals surface area contributed by atoms with Gasteiger partial charge in [0, 0.05) is 4.88 Å². The fraction of sp³-hybridized carbons (Fsp3) is 0.0714. The molecular formula is C14H12O2S. The lowest BCUT2D eigenvalue weighted by atomic mass is 10.1. The van der Waals surface area contributed by atoms with Crippen molar-refractivity contribution in [1.82, 2.24) is 0 Å². The molecule has 0 N–H and O–H groups in total. The summed E-state index contributed by atoms with van der Waals surface area (Å²) < 4.78 is 4.68. The van der Waals surface area contributed by atoms with Crippen LogP contribution in [0.3, 0.4) is 0 Å². The van der Waals surface area contributed by atoms with Gasteiger partial charge in [0.15, 0.2) is 0 Å². The molecule has 0 saturated heterocycles. The molecule has 2 nitrogen and oxygen atoms in total. The summed E-state index contributed by atoms with van der Waals surface area (Å²) in [5, 5.41) is 2.03. The van der Waals surface area contributed by atoms with E-state index >= 15 is 0 Å². The Kier molecular flexibility index (Phi) is 3.73. The number of ether oxygens (including phenoxy) is 1. The van der Waals surface area contributed by atoms with Crippen molar-refractivity contribution in [3.63, 3.8) is 0 Å². The Morgan fingerprint density at radius 3 is 2.82 bits per heavy atom. The van der Waals surface area contributed by atoms with Gasteiger partial charge < -0.3 is 4.74 Å². The lowest BCUT2D eigenvalue weighted by Gasteiger charge is -1.99. The normalized spacial score (nSPS) is 10.6. The van der Waals surface area contributed by atoms with E-state index in [2.05, 4.69) is 4.74 Å². The molecule has 2 rings (SSSR count). The first-order chi connectivity index (χ1) is 8.29. The molecule has 1 heterocycles. The van der Waals surface area contributed by atoms with Gasteiger partial charge in [-0.1, -0.05) is 24.3 Å². The third kappa shape index (κ3) is 3.04. The Morgan fingerprint density at radius 1 is 1.24 bits per heavy atom. The molecule has 0 amide bonds. The van der Waals surface area contributed by atoms with Gasteiger partial charge in [-0.15, -0.1) is 11.3 Å². The van der Waals surface area contributed by atoms with Crippen LogP contribution in [-0.2, 0) is 4.74 Å². The average molecular weight is 244 g/mol. The SMILES string of the molecule is COC(=O)c1cccc(/C=C/c2cccs2)c1. The average Bonchev–Trinajstić information content (AvgIpc) is 2.89. The van der Waals surface area contributed by atoms with Gasteiger partial charge in [0.25, 0.3) is 0 Å². The minimum Gasteiger partial charge on any atom is -0.465 e. The fourth-order valence-electron chi connectivity index (χ4n) is 1.45. The largest absolute Gasteiger partial charge is 0.465 e. The van der Waals surface area contributed by atoms with E-state index in [4.69, 9.17) is 0 Å². The van der Waals surface area contributed by atoms with Crippen LogP contribution in [0.4, 0.5) is 0 Å². The summed E-state index contributed by atoms with van der Waals surface area (Å²) in [6.07, 6.45) is 4.01. The van der Waals surface area contributed by atoms with E-state index in [9.17, 15) is 4.79 Å². The van der Waals surface area contributed by atoms with Gasteiger partial charge in [-0.25, -0.2) is 4.79 Å². The fourth-order valence-corrected chi connectivity index (χ4v) is 2.07. The van der Waals surface area contributed by atoms with E-state index < -0.39 is 0 Å². The summed E-state index contributed by atoms with van der Waals surface area (Å²) in [5.41, 5.74) is 1.56. The third-order valence-corrected chi connectivity index (χ3v) is 3.13. The molecule has 3 heteroatoms. The number of carbonyl (C=O) groups is 1. The molecule has 0 unspecified atom stereocenters. The zero-order valence-electron chi connectivity index (χ0n) is 9.42. The van der Waals surface area contributed by atoms with Crippen LogP contribution in [0.1, 0.15) is 20.8 Å². The highest BCUT2D eigenvalue weighted by Gasteiger charge is 2.03. The number of hydrogen-bond acceptors (Lipinski definition) is 3. The highest BCUT2D eigenvalue weighted by molar-refractivity contribution is 7.10. The number of rotatable bonds is 3. The first kappa shape index (κ1) is 11.6. The highest BCUT2D eigenvalue weighted by atomic mass is 32.1. The molecule has 0 aliphatic rings. The topological polar surface area (TPSA) is 26.3 Å². The predicted molar refractivity (Wildman–Crippen MR) is 71.0 cm³/mol. The number of hydrogen-bond donors (Lipinski definition) is 0. The zero-order valence-corrected chi connectivity index (χ0v) is 10.2. The van der Waals surface area contributed by atoms with Crippen LogP contribution in [-0.4, -0.2) is 13.1 Å². The quantitative estimate of drug-likeness (QED) is 0.769. The van der Waals surface area contributed by atoms with Crippen molar-refractivity contribution in [1.29, 1.82) is 0 Å². The summed E-state index contributed by atoms with van der Waals surface area (Å²) in [6.45, 7) is 0. The zero-order chi connectivity index (χ0) is 12.1. The molecule has 0 radical (unpaired) electrons.